The Bertz CT molecular complexity index is 627. The van der Waals surface area contributed by atoms with Gasteiger partial charge in [0.15, 0.2) is 0 Å². The molecule has 0 saturated carbocycles. The zero-order chi connectivity index (χ0) is 14.1. The second-order valence-corrected chi connectivity index (χ2v) is 6.16. The van der Waals surface area contributed by atoms with E-state index in [1.807, 2.05) is 24.3 Å². The molecule has 0 radical (unpaired) electrons. The van der Waals surface area contributed by atoms with Gasteiger partial charge in [0.1, 0.15) is 5.75 Å². The molecule has 1 aliphatic heterocycles. The number of rotatable bonds is 2. The van der Waals surface area contributed by atoms with Gasteiger partial charge in [0.05, 0.1) is 12.0 Å². The van der Waals surface area contributed by atoms with E-state index in [1.54, 1.807) is 12.1 Å². The Kier molecular flexibility index (Phi) is 4.11. The lowest BCUT2D eigenvalue weighted by atomic mass is 9.87. The van der Waals surface area contributed by atoms with Gasteiger partial charge in [-0.15, -0.1) is 11.6 Å². The van der Waals surface area contributed by atoms with Gasteiger partial charge in [-0.1, -0.05) is 41.4 Å². The second kappa shape index (κ2) is 5.85. The lowest BCUT2D eigenvalue weighted by Gasteiger charge is -2.29. The largest absolute Gasteiger partial charge is 0.493 e. The van der Waals surface area contributed by atoms with Crippen molar-refractivity contribution < 1.29 is 4.74 Å². The zero-order valence-corrected chi connectivity index (χ0v) is 12.9. The summed E-state index contributed by atoms with van der Waals surface area (Å²) < 4.78 is 5.68. The Labute approximate surface area is 133 Å². The first-order chi connectivity index (χ1) is 9.66. The number of fused-ring (bicyclic) bond motifs is 1. The van der Waals surface area contributed by atoms with E-state index < -0.39 is 0 Å². The van der Waals surface area contributed by atoms with Crippen LogP contribution < -0.4 is 4.74 Å². The van der Waals surface area contributed by atoms with Crippen LogP contribution in [0.4, 0.5) is 0 Å². The smallest absolute Gasteiger partial charge is 0.122 e. The van der Waals surface area contributed by atoms with Crippen molar-refractivity contribution in [2.24, 2.45) is 0 Å². The van der Waals surface area contributed by atoms with Gasteiger partial charge in [0, 0.05) is 16.0 Å². The van der Waals surface area contributed by atoms with Crippen LogP contribution in [0.15, 0.2) is 42.5 Å². The average Bonchev–Trinajstić information content (AvgIpc) is 2.48. The Hall–Kier alpha value is -0.890. The van der Waals surface area contributed by atoms with Crippen molar-refractivity contribution in [3.63, 3.8) is 0 Å². The first kappa shape index (κ1) is 14.1. The van der Waals surface area contributed by atoms with Gasteiger partial charge < -0.3 is 4.74 Å². The highest BCUT2D eigenvalue weighted by Crippen LogP contribution is 2.46. The van der Waals surface area contributed by atoms with Crippen molar-refractivity contribution in [2.45, 2.75) is 17.7 Å². The molecule has 4 heteroatoms. The summed E-state index contributed by atoms with van der Waals surface area (Å²) in [6, 6.07) is 13.4. The van der Waals surface area contributed by atoms with E-state index in [2.05, 4.69) is 6.07 Å². The number of hydrogen-bond donors (Lipinski definition) is 0. The van der Waals surface area contributed by atoms with E-state index in [-0.39, 0.29) is 11.3 Å². The van der Waals surface area contributed by atoms with Crippen molar-refractivity contribution >= 4 is 34.8 Å². The van der Waals surface area contributed by atoms with Gasteiger partial charge in [-0.25, -0.2) is 0 Å². The minimum Gasteiger partial charge on any atom is -0.493 e. The number of para-hydroxylation sites is 1. The molecule has 0 aromatic heterocycles. The predicted octanol–water partition coefficient (Wildman–Crippen LogP) is 5.84. The van der Waals surface area contributed by atoms with Crippen LogP contribution in [-0.2, 0) is 0 Å². The van der Waals surface area contributed by atoms with E-state index in [9.17, 15) is 0 Å². The average molecular weight is 328 g/mol. The number of halogens is 3. The van der Waals surface area contributed by atoms with Gasteiger partial charge in [0.25, 0.3) is 0 Å². The fourth-order valence-electron chi connectivity index (χ4n) is 2.62. The SMILES string of the molecule is Clc1ccc(Cl)c(C(Cl)C2CCOc3ccccc32)c1. The third kappa shape index (κ3) is 2.63. The first-order valence-electron chi connectivity index (χ1n) is 6.47. The highest BCUT2D eigenvalue weighted by molar-refractivity contribution is 6.34. The molecule has 1 aliphatic rings. The minimum absolute atomic E-state index is 0.178. The Balaban J connectivity index is 1.99. The first-order valence-corrected chi connectivity index (χ1v) is 7.67. The molecule has 104 valence electrons. The highest BCUT2D eigenvalue weighted by Gasteiger charge is 2.29. The maximum absolute atomic E-state index is 6.69. The van der Waals surface area contributed by atoms with Gasteiger partial charge in [0.2, 0.25) is 0 Å². The van der Waals surface area contributed by atoms with Gasteiger partial charge in [-0.05, 0) is 41.8 Å². The molecule has 20 heavy (non-hydrogen) atoms. The van der Waals surface area contributed by atoms with E-state index in [0.29, 0.717) is 16.7 Å². The summed E-state index contributed by atoms with van der Waals surface area (Å²) in [6.45, 7) is 0.670. The molecule has 0 spiro atoms. The summed E-state index contributed by atoms with van der Waals surface area (Å²) in [5.41, 5.74) is 2.01. The predicted molar refractivity (Wildman–Crippen MR) is 84.4 cm³/mol. The maximum atomic E-state index is 6.69. The molecule has 3 rings (SSSR count). The molecule has 2 aromatic rings. The quantitative estimate of drug-likeness (QED) is 0.630. The molecule has 0 N–H and O–H groups in total. The Morgan fingerprint density at radius 3 is 2.75 bits per heavy atom. The number of alkyl halides is 1. The number of ether oxygens (including phenoxy) is 1. The molecule has 0 aliphatic carbocycles. The summed E-state index contributed by atoms with van der Waals surface area (Å²) in [5, 5.41) is 1.08. The zero-order valence-electron chi connectivity index (χ0n) is 10.7. The van der Waals surface area contributed by atoms with Crippen LogP contribution in [0.1, 0.15) is 28.8 Å². The normalized spacial score (nSPS) is 19.1. The molecule has 0 amide bonds. The van der Waals surface area contributed by atoms with E-state index >= 15 is 0 Å². The van der Waals surface area contributed by atoms with Crippen LogP contribution in [0.5, 0.6) is 5.75 Å². The van der Waals surface area contributed by atoms with Crippen LogP contribution in [-0.4, -0.2) is 6.61 Å². The monoisotopic (exact) mass is 326 g/mol. The molecular weight excluding hydrogens is 315 g/mol. The molecule has 0 fully saturated rings. The number of hydrogen-bond acceptors (Lipinski definition) is 1. The third-order valence-corrected chi connectivity index (χ3v) is 4.73. The van der Waals surface area contributed by atoms with Crippen molar-refractivity contribution in [2.75, 3.05) is 6.61 Å². The van der Waals surface area contributed by atoms with Crippen LogP contribution >= 0.6 is 34.8 Å². The summed E-state index contributed by atoms with van der Waals surface area (Å²) in [7, 11) is 0. The molecule has 2 unspecified atom stereocenters. The minimum atomic E-state index is -0.216. The Morgan fingerprint density at radius 1 is 1.10 bits per heavy atom. The summed E-state index contributed by atoms with van der Waals surface area (Å²) in [5.74, 6) is 1.09. The second-order valence-electron chi connectivity index (χ2n) is 4.85. The molecular formula is C16H13Cl3O. The topological polar surface area (TPSA) is 9.23 Å². The van der Waals surface area contributed by atoms with Crippen LogP contribution in [0.25, 0.3) is 0 Å². The fraction of sp³-hybridized carbons (Fsp3) is 0.250. The van der Waals surface area contributed by atoms with E-state index in [0.717, 1.165) is 23.3 Å². The van der Waals surface area contributed by atoms with E-state index in [1.165, 1.54) is 0 Å². The highest BCUT2D eigenvalue weighted by atomic mass is 35.5. The molecule has 1 nitrogen and oxygen atoms in total. The van der Waals surface area contributed by atoms with Crippen LogP contribution in [0.3, 0.4) is 0 Å². The molecule has 0 bridgehead atoms. The Morgan fingerprint density at radius 2 is 1.90 bits per heavy atom. The summed E-state index contributed by atoms with van der Waals surface area (Å²) >= 11 is 19.0. The maximum Gasteiger partial charge on any atom is 0.122 e. The molecule has 1 heterocycles. The molecule has 0 saturated heterocycles. The lowest BCUT2D eigenvalue weighted by Crippen LogP contribution is -2.17. The molecule has 2 aromatic carbocycles. The van der Waals surface area contributed by atoms with Crippen molar-refractivity contribution in [1.29, 1.82) is 0 Å². The lowest BCUT2D eigenvalue weighted by molar-refractivity contribution is 0.265. The summed E-state index contributed by atoms with van der Waals surface area (Å²) in [6.07, 6.45) is 0.869. The number of benzene rings is 2. The van der Waals surface area contributed by atoms with Crippen molar-refractivity contribution in [1.82, 2.24) is 0 Å². The standard InChI is InChI=1S/C16H13Cl3O/c17-10-5-6-14(18)13(9-10)16(19)12-7-8-20-15-4-2-1-3-11(12)15/h1-6,9,12,16H,7-8H2. The van der Waals surface area contributed by atoms with Crippen LogP contribution in [0.2, 0.25) is 10.0 Å². The summed E-state index contributed by atoms with van der Waals surface area (Å²) in [4.78, 5) is 0. The third-order valence-electron chi connectivity index (χ3n) is 3.61. The van der Waals surface area contributed by atoms with Crippen molar-refractivity contribution in [3.8, 4) is 5.75 Å². The van der Waals surface area contributed by atoms with Crippen LogP contribution in [0, 0.1) is 0 Å². The van der Waals surface area contributed by atoms with Gasteiger partial charge >= 0.3 is 0 Å². The molecule has 2 atom stereocenters. The van der Waals surface area contributed by atoms with Gasteiger partial charge in [-0.3, -0.25) is 0 Å². The van der Waals surface area contributed by atoms with Gasteiger partial charge in [-0.2, -0.15) is 0 Å². The van der Waals surface area contributed by atoms with E-state index in [4.69, 9.17) is 39.5 Å². The fourth-order valence-corrected chi connectivity index (χ4v) is 3.53. The van der Waals surface area contributed by atoms with Crippen molar-refractivity contribution in [3.05, 3.63) is 63.6 Å².